The first-order valence-corrected chi connectivity index (χ1v) is 5.33. The fraction of sp³-hybridized carbons (Fsp3) is 0.125. The van der Waals surface area contributed by atoms with Crippen LogP contribution in [-0.4, -0.2) is 10.6 Å². The number of thioether (sulfide) groups is 1. The van der Waals surface area contributed by atoms with Crippen molar-refractivity contribution in [1.29, 1.82) is 0 Å². The molecule has 0 heterocycles. The lowest BCUT2D eigenvalue weighted by Crippen LogP contribution is -2.06. The predicted octanol–water partition coefficient (Wildman–Crippen LogP) is 3.68. The van der Waals surface area contributed by atoms with Crippen LogP contribution in [0.1, 0.15) is 10.4 Å². The van der Waals surface area contributed by atoms with Gasteiger partial charge in [0.05, 0.1) is 0 Å². The number of benzene rings is 1. The van der Waals surface area contributed by atoms with E-state index in [1.165, 1.54) is 12.1 Å². The van der Waals surface area contributed by atoms with Gasteiger partial charge in [0.2, 0.25) is 5.12 Å². The molecule has 0 fully saturated rings. The van der Waals surface area contributed by atoms with Crippen molar-refractivity contribution in [2.75, 3.05) is 0 Å². The third-order valence-corrected chi connectivity index (χ3v) is 2.66. The van der Waals surface area contributed by atoms with Crippen molar-refractivity contribution in [1.82, 2.24) is 0 Å². The highest BCUT2D eigenvalue weighted by molar-refractivity contribution is 14.1. The summed E-state index contributed by atoms with van der Waals surface area (Å²) >= 11 is 1.38. The monoisotopic (exact) mass is 332 g/mol. The Bertz CT molecular complexity index is 333. The lowest BCUT2D eigenvalue weighted by molar-refractivity contribution is -0.0322. The molecule has 0 atom stereocenters. The Kier molecular flexibility index (Phi) is 3.82. The second kappa shape index (κ2) is 4.52. The van der Waals surface area contributed by atoms with E-state index in [2.05, 4.69) is 0 Å². The van der Waals surface area contributed by atoms with Gasteiger partial charge in [0.15, 0.2) is 0 Å². The van der Waals surface area contributed by atoms with E-state index in [9.17, 15) is 18.0 Å². The molecule has 0 unspecified atom stereocenters. The highest BCUT2D eigenvalue weighted by atomic mass is 127. The summed E-state index contributed by atoms with van der Waals surface area (Å²) in [6, 6.07) is 5.93. The van der Waals surface area contributed by atoms with Crippen molar-refractivity contribution < 1.29 is 18.0 Å². The zero-order chi connectivity index (χ0) is 10.8. The molecule has 1 rings (SSSR count). The van der Waals surface area contributed by atoms with E-state index in [0.717, 1.165) is 3.57 Å². The first-order chi connectivity index (χ1) is 6.38. The molecule has 76 valence electrons. The molecule has 0 aromatic heterocycles. The van der Waals surface area contributed by atoms with Crippen LogP contribution in [0.25, 0.3) is 0 Å². The van der Waals surface area contributed by atoms with Crippen LogP contribution in [0.4, 0.5) is 13.2 Å². The highest BCUT2D eigenvalue weighted by Crippen LogP contribution is 2.32. The van der Waals surface area contributed by atoms with Crippen LogP contribution >= 0.6 is 34.4 Å². The number of alkyl halides is 3. The van der Waals surface area contributed by atoms with Crippen molar-refractivity contribution in [3.63, 3.8) is 0 Å². The van der Waals surface area contributed by atoms with Crippen molar-refractivity contribution in [3.8, 4) is 0 Å². The average Bonchev–Trinajstić information content (AvgIpc) is 2.02. The van der Waals surface area contributed by atoms with Gasteiger partial charge in [-0.2, -0.15) is 13.2 Å². The summed E-state index contributed by atoms with van der Waals surface area (Å²) in [4.78, 5) is 11.0. The van der Waals surface area contributed by atoms with Crippen LogP contribution in [0.5, 0.6) is 0 Å². The lowest BCUT2D eigenvalue weighted by atomic mass is 10.2. The van der Waals surface area contributed by atoms with Crippen LogP contribution < -0.4 is 0 Å². The van der Waals surface area contributed by atoms with Gasteiger partial charge in [0.1, 0.15) is 0 Å². The molecule has 0 saturated heterocycles. The molecular weight excluding hydrogens is 328 g/mol. The molecule has 0 radical (unpaired) electrons. The maximum atomic E-state index is 11.8. The Balaban J connectivity index is 2.76. The Morgan fingerprint density at radius 1 is 1.21 bits per heavy atom. The minimum atomic E-state index is -4.51. The first kappa shape index (κ1) is 11.8. The van der Waals surface area contributed by atoms with Crippen molar-refractivity contribution in [2.45, 2.75) is 5.51 Å². The second-order valence-electron chi connectivity index (χ2n) is 2.34. The number of hydrogen-bond acceptors (Lipinski definition) is 2. The lowest BCUT2D eigenvalue weighted by Gasteiger charge is -2.03. The fourth-order valence-electron chi connectivity index (χ4n) is 0.750. The van der Waals surface area contributed by atoms with Crippen molar-refractivity contribution in [2.24, 2.45) is 0 Å². The molecule has 0 aliphatic carbocycles. The van der Waals surface area contributed by atoms with Gasteiger partial charge in [-0.1, -0.05) is 0 Å². The van der Waals surface area contributed by atoms with E-state index in [1.807, 2.05) is 22.6 Å². The molecule has 14 heavy (non-hydrogen) atoms. The molecule has 0 aliphatic rings. The summed E-state index contributed by atoms with van der Waals surface area (Å²) < 4.78 is 36.3. The van der Waals surface area contributed by atoms with Crippen LogP contribution in [0, 0.1) is 3.57 Å². The van der Waals surface area contributed by atoms with Crippen molar-refractivity contribution in [3.05, 3.63) is 33.4 Å². The van der Waals surface area contributed by atoms with Crippen LogP contribution in [0.3, 0.4) is 0 Å². The largest absolute Gasteiger partial charge is 0.449 e. The Morgan fingerprint density at radius 2 is 1.71 bits per heavy atom. The number of hydrogen-bond donors (Lipinski definition) is 0. The van der Waals surface area contributed by atoms with E-state index in [1.54, 1.807) is 12.1 Å². The smallest absolute Gasteiger partial charge is 0.281 e. The molecule has 0 aliphatic heterocycles. The number of rotatable bonds is 1. The van der Waals surface area contributed by atoms with Gasteiger partial charge in [-0.15, -0.1) is 0 Å². The number of carbonyl (C=O) groups is 1. The summed E-state index contributed by atoms with van der Waals surface area (Å²) in [5, 5.41) is -0.978. The zero-order valence-electron chi connectivity index (χ0n) is 6.64. The number of carbonyl (C=O) groups excluding carboxylic acids is 1. The van der Waals surface area contributed by atoms with Crippen molar-refractivity contribution >= 4 is 39.5 Å². The van der Waals surface area contributed by atoms with E-state index < -0.39 is 22.4 Å². The normalized spacial score (nSPS) is 11.4. The minimum absolute atomic E-state index is 0.0627. The maximum absolute atomic E-state index is 11.8. The topological polar surface area (TPSA) is 17.1 Å². The number of halogens is 4. The third-order valence-electron chi connectivity index (χ3n) is 1.29. The van der Waals surface area contributed by atoms with E-state index >= 15 is 0 Å². The third kappa shape index (κ3) is 3.87. The van der Waals surface area contributed by atoms with Gasteiger partial charge in [-0.05, 0) is 46.9 Å². The van der Waals surface area contributed by atoms with Crippen LogP contribution in [-0.2, 0) is 0 Å². The summed E-state index contributed by atoms with van der Waals surface area (Å²) in [6.45, 7) is 0. The van der Waals surface area contributed by atoms with E-state index in [4.69, 9.17) is 0 Å². The molecule has 6 heteroatoms. The second-order valence-corrected chi connectivity index (χ2v) is 4.63. The van der Waals surface area contributed by atoms with Gasteiger partial charge in [0.25, 0.3) is 0 Å². The molecule has 0 bridgehead atoms. The quantitative estimate of drug-likeness (QED) is 0.730. The highest BCUT2D eigenvalue weighted by Gasteiger charge is 2.33. The van der Waals surface area contributed by atoms with Crippen LogP contribution in [0.15, 0.2) is 24.3 Å². The summed E-state index contributed by atoms with van der Waals surface area (Å²) in [5.74, 6) is 0. The summed E-state index contributed by atoms with van der Waals surface area (Å²) in [5.41, 5.74) is -4.45. The SMILES string of the molecule is O=C(SC(F)(F)F)c1ccc(I)cc1. The molecule has 1 aromatic rings. The fourth-order valence-corrected chi connectivity index (χ4v) is 1.57. The van der Waals surface area contributed by atoms with Gasteiger partial charge >= 0.3 is 5.51 Å². The molecule has 1 aromatic carbocycles. The minimum Gasteiger partial charge on any atom is -0.281 e. The van der Waals surface area contributed by atoms with Gasteiger partial charge in [-0.25, -0.2) is 0 Å². The molecular formula is C8H4F3IOS. The summed E-state index contributed by atoms with van der Waals surface area (Å²) in [6.07, 6.45) is 0. The molecule has 0 N–H and O–H groups in total. The summed E-state index contributed by atoms with van der Waals surface area (Å²) in [7, 11) is 0. The maximum Gasteiger partial charge on any atom is 0.449 e. The van der Waals surface area contributed by atoms with Crippen LogP contribution in [0.2, 0.25) is 0 Å². The van der Waals surface area contributed by atoms with E-state index in [0.29, 0.717) is 0 Å². The zero-order valence-corrected chi connectivity index (χ0v) is 9.61. The molecule has 0 spiro atoms. The Morgan fingerprint density at radius 3 is 2.14 bits per heavy atom. The first-order valence-electron chi connectivity index (χ1n) is 3.44. The Labute approximate surface area is 96.2 Å². The molecule has 0 saturated carbocycles. The Hall–Kier alpha value is -0.240. The standard InChI is InChI=1S/C8H4F3IOS/c9-8(10,11)14-7(13)5-1-3-6(12)4-2-5/h1-4H. The average molecular weight is 332 g/mol. The van der Waals surface area contributed by atoms with Gasteiger partial charge in [-0.3, -0.25) is 4.79 Å². The van der Waals surface area contributed by atoms with Gasteiger partial charge in [0, 0.05) is 20.9 Å². The van der Waals surface area contributed by atoms with Gasteiger partial charge < -0.3 is 0 Å². The molecule has 1 nitrogen and oxygen atoms in total. The predicted molar refractivity (Wildman–Crippen MR) is 57.1 cm³/mol. The van der Waals surface area contributed by atoms with E-state index in [-0.39, 0.29) is 5.56 Å². The molecule has 0 amide bonds.